The summed E-state index contributed by atoms with van der Waals surface area (Å²) in [6, 6.07) is 3.53. The van der Waals surface area contributed by atoms with E-state index in [1.165, 1.54) is 11.3 Å². The highest BCUT2D eigenvalue weighted by atomic mass is 32.1. The van der Waals surface area contributed by atoms with Crippen molar-refractivity contribution >= 4 is 22.4 Å². The van der Waals surface area contributed by atoms with Crippen LogP contribution in [0.4, 0.5) is 5.13 Å². The van der Waals surface area contributed by atoms with Crippen molar-refractivity contribution in [3.05, 3.63) is 18.4 Å². The van der Waals surface area contributed by atoms with Crippen LogP contribution in [-0.4, -0.2) is 22.6 Å². The first-order valence-corrected chi connectivity index (χ1v) is 4.98. The fraction of sp³-hybridized carbons (Fsp3) is 0.125. The van der Waals surface area contributed by atoms with E-state index in [0.717, 1.165) is 0 Å². The Labute approximate surface area is 89.1 Å². The van der Waals surface area contributed by atoms with Gasteiger partial charge in [0, 0.05) is 0 Å². The van der Waals surface area contributed by atoms with Crippen LogP contribution >= 0.6 is 11.3 Å². The van der Waals surface area contributed by atoms with Gasteiger partial charge in [-0.15, -0.1) is 10.2 Å². The van der Waals surface area contributed by atoms with Gasteiger partial charge < -0.3 is 10.2 Å². The largest absolute Gasteiger partial charge is 0.462 e. The number of carbonyl (C=O) groups is 1. The Balaban J connectivity index is 2.14. The lowest BCUT2D eigenvalue weighted by Crippen LogP contribution is -2.21. The molecule has 0 aromatic carbocycles. The minimum absolute atomic E-state index is 0.0737. The second-order valence-corrected chi connectivity index (χ2v) is 3.62. The molecule has 0 spiro atoms. The SMILES string of the molecule is NCC(=O)Nc1nnc(-c2ccco2)s1. The number of hydrogen-bond acceptors (Lipinski definition) is 6. The highest BCUT2D eigenvalue weighted by Gasteiger charge is 2.09. The second kappa shape index (κ2) is 4.20. The van der Waals surface area contributed by atoms with Gasteiger partial charge in [0.25, 0.3) is 0 Å². The molecule has 6 nitrogen and oxygen atoms in total. The molecule has 0 saturated carbocycles. The maximum absolute atomic E-state index is 11.0. The number of rotatable bonds is 3. The number of nitrogens with zero attached hydrogens (tertiary/aromatic N) is 2. The van der Waals surface area contributed by atoms with E-state index < -0.39 is 0 Å². The van der Waals surface area contributed by atoms with E-state index in [1.807, 2.05) is 0 Å². The number of anilines is 1. The van der Waals surface area contributed by atoms with Crippen molar-refractivity contribution in [1.29, 1.82) is 0 Å². The molecule has 2 rings (SSSR count). The summed E-state index contributed by atoms with van der Waals surface area (Å²) < 4.78 is 5.13. The van der Waals surface area contributed by atoms with Gasteiger partial charge in [0.15, 0.2) is 10.8 Å². The number of amides is 1. The number of nitrogens with one attached hydrogen (secondary N) is 1. The summed E-state index contributed by atoms with van der Waals surface area (Å²) in [6.07, 6.45) is 1.55. The van der Waals surface area contributed by atoms with Gasteiger partial charge in [-0.3, -0.25) is 10.1 Å². The quantitative estimate of drug-likeness (QED) is 0.800. The maximum atomic E-state index is 11.0. The predicted molar refractivity (Wildman–Crippen MR) is 55.3 cm³/mol. The number of nitrogens with two attached hydrogens (primary N) is 1. The van der Waals surface area contributed by atoms with Crippen LogP contribution in [0.2, 0.25) is 0 Å². The molecule has 0 aliphatic heterocycles. The van der Waals surface area contributed by atoms with Crippen LogP contribution in [0, 0.1) is 0 Å². The molecular weight excluding hydrogens is 216 g/mol. The summed E-state index contributed by atoms with van der Waals surface area (Å²) in [7, 11) is 0. The molecule has 0 aliphatic rings. The molecule has 15 heavy (non-hydrogen) atoms. The van der Waals surface area contributed by atoms with Crippen molar-refractivity contribution in [2.45, 2.75) is 0 Å². The molecule has 2 aromatic heterocycles. The lowest BCUT2D eigenvalue weighted by atomic mass is 10.5. The lowest BCUT2D eigenvalue weighted by Gasteiger charge is -1.94. The summed E-state index contributed by atoms with van der Waals surface area (Å²) in [5, 5.41) is 11.2. The van der Waals surface area contributed by atoms with Crippen LogP contribution in [0.25, 0.3) is 10.8 Å². The van der Waals surface area contributed by atoms with Crippen molar-refractivity contribution in [2.75, 3.05) is 11.9 Å². The Hall–Kier alpha value is -1.73. The third-order valence-electron chi connectivity index (χ3n) is 1.59. The molecule has 0 bridgehead atoms. The molecule has 7 heteroatoms. The van der Waals surface area contributed by atoms with Crippen molar-refractivity contribution in [2.24, 2.45) is 5.73 Å². The molecule has 0 aliphatic carbocycles. The van der Waals surface area contributed by atoms with E-state index in [4.69, 9.17) is 10.2 Å². The Morgan fingerprint density at radius 1 is 1.60 bits per heavy atom. The van der Waals surface area contributed by atoms with Crippen LogP contribution in [-0.2, 0) is 4.79 Å². The third-order valence-corrected chi connectivity index (χ3v) is 2.44. The molecule has 0 unspecified atom stereocenters. The molecule has 2 aromatic rings. The van der Waals surface area contributed by atoms with Gasteiger partial charge in [-0.25, -0.2) is 0 Å². The summed E-state index contributed by atoms with van der Waals surface area (Å²) in [5.74, 6) is 0.331. The molecule has 1 amide bonds. The van der Waals surface area contributed by atoms with Crippen molar-refractivity contribution in [1.82, 2.24) is 10.2 Å². The smallest absolute Gasteiger partial charge is 0.239 e. The van der Waals surface area contributed by atoms with E-state index in [-0.39, 0.29) is 12.5 Å². The zero-order valence-electron chi connectivity index (χ0n) is 7.64. The summed E-state index contributed by atoms with van der Waals surface area (Å²) >= 11 is 1.23. The monoisotopic (exact) mass is 224 g/mol. The minimum Gasteiger partial charge on any atom is -0.462 e. The predicted octanol–water partition coefficient (Wildman–Crippen LogP) is 0.695. The summed E-state index contributed by atoms with van der Waals surface area (Å²) in [4.78, 5) is 11.0. The van der Waals surface area contributed by atoms with Gasteiger partial charge in [-0.05, 0) is 12.1 Å². The Morgan fingerprint density at radius 3 is 3.13 bits per heavy atom. The number of carbonyl (C=O) groups excluding carboxylic acids is 1. The van der Waals surface area contributed by atoms with E-state index >= 15 is 0 Å². The molecule has 78 valence electrons. The van der Waals surface area contributed by atoms with Crippen LogP contribution in [0.3, 0.4) is 0 Å². The Kier molecular flexibility index (Phi) is 2.75. The van der Waals surface area contributed by atoms with Crippen LogP contribution in [0.1, 0.15) is 0 Å². The first-order valence-electron chi connectivity index (χ1n) is 4.17. The molecule has 0 saturated heterocycles. The minimum atomic E-state index is -0.294. The maximum Gasteiger partial charge on any atom is 0.239 e. The molecule has 3 N–H and O–H groups in total. The number of aromatic nitrogens is 2. The molecule has 0 atom stereocenters. The normalized spacial score (nSPS) is 10.2. The standard InChI is InChI=1S/C8H8N4O2S/c9-4-6(13)10-8-12-11-7(15-8)5-2-1-3-14-5/h1-3H,4,9H2,(H,10,12,13). The zero-order valence-corrected chi connectivity index (χ0v) is 8.45. The fourth-order valence-corrected chi connectivity index (χ4v) is 1.67. The van der Waals surface area contributed by atoms with Gasteiger partial charge in [-0.1, -0.05) is 11.3 Å². The Bertz CT molecular complexity index is 451. The van der Waals surface area contributed by atoms with E-state index in [1.54, 1.807) is 18.4 Å². The van der Waals surface area contributed by atoms with E-state index in [0.29, 0.717) is 15.9 Å². The van der Waals surface area contributed by atoms with Gasteiger partial charge in [0.2, 0.25) is 11.0 Å². The topological polar surface area (TPSA) is 94.0 Å². The van der Waals surface area contributed by atoms with Gasteiger partial charge >= 0.3 is 0 Å². The fourth-order valence-electron chi connectivity index (χ4n) is 0.944. The summed E-state index contributed by atoms with van der Waals surface area (Å²) in [5.41, 5.74) is 5.15. The van der Waals surface area contributed by atoms with Gasteiger partial charge in [0.1, 0.15) is 0 Å². The average molecular weight is 224 g/mol. The molecular formula is C8H8N4O2S. The molecule has 0 fully saturated rings. The summed E-state index contributed by atoms with van der Waals surface area (Å²) in [6.45, 7) is -0.0737. The van der Waals surface area contributed by atoms with E-state index in [2.05, 4.69) is 15.5 Å². The first kappa shape index (κ1) is 9.81. The number of furan rings is 1. The van der Waals surface area contributed by atoms with Crippen LogP contribution in [0.5, 0.6) is 0 Å². The lowest BCUT2D eigenvalue weighted by molar-refractivity contribution is -0.114. The van der Waals surface area contributed by atoms with Crippen molar-refractivity contribution in [3.8, 4) is 10.8 Å². The Morgan fingerprint density at radius 2 is 2.47 bits per heavy atom. The third kappa shape index (κ3) is 2.20. The van der Waals surface area contributed by atoms with Gasteiger partial charge in [-0.2, -0.15) is 0 Å². The van der Waals surface area contributed by atoms with Gasteiger partial charge in [0.05, 0.1) is 12.8 Å². The molecule has 0 radical (unpaired) electrons. The van der Waals surface area contributed by atoms with Crippen molar-refractivity contribution < 1.29 is 9.21 Å². The highest BCUT2D eigenvalue weighted by Crippen LogP contribution is 2.26. The van der Waals surface area contributed by atoms with Crippen molar-refractivity contribution in [3.63, 3.8) is 0 Å². The number of hydrogen-bond donors (Lipinski definition) is 2. The van der Waals surface area contributed by atoms with Crippen LogP contribution < -0.4 is 11.1 Å². The molecule has 2 heterocycles. The average Bonchev–Trinajstić information content (AvgIpc) is 2.85. The first-order chi connectivity index (χ1) is 7.29. The second-order valence-electron chi connectivity index (χ2n) is 2.64. The van der Waals surface area contributed by atoms with E-state index in [9.17, 15) is 4.79 Å². The zero-order chi connectivity index (χ0) is 10.7. The van der Waals surface area contributed by atoms with Crippen LogP contribution in [0.15, 0.2) is 22.8 Å². The highest BCUT2D eigenvalue weighted by molar-refractivity contribution is 7.18.